The zero-order chi connectivity index (χ0) is 15.3. The fourth-order valence-electron chi connectivity index (χ4n) is 1.19. The van der Waals surface area contributed by atoms with Gasteiger partial charge in [0.2, 0.25) is 0 Å². The lowest BCUT2D eigenvalue weighted by Gasteiger charge is -2.10. The van der Waals surface area contributed by atoms with Crippen molar-refractivity contribution in [2.75, 3.05) is 13.2 Å². The van der Waals surface area contributed by atoms with Gasteiger partial charge in [0.15, 0.2) is 6.61 Å². The molecule has 0 aliphatic heterocycles. The number of amides is 1. The summed E-state index contributed by atoms with van der Waals surface area (Å²) in [7, 11) is 0. The molecule has 0 atom stereocenters. The molecule has 1 amide bonds. The van der Waals surface area contributed by atoms with Crippen LogP contribution in [0.1, 0.15) is 10.4 Å². The minimum atomic E-state index is -4.56. The number of carboxylic acid groups (broad SMARTS) is 1. The standard InChI is InChI=1S/C11H9F4NO4/c12-6-1-2-8(7(3-6)10(18)19)20-4-9(17)16-5-11(13,14)15/h1-3H,4-5H2,(H,16,17)(H,18,19). The molecular formula is C11H9F4NO4. The number of ether oxygens (including phenoxy) is 1. The van der Waals surface area contributed by atoms with Crippen molar-refractivity contribution in [1.29, 1.82) is 0 Å². The molecule has 2 N–H and O–H groups in total. The van der Waals surface area contributed by atoms with Crippen LogP contribution in [0.4, 0.5) is 17.6 Å². The third-order valence-corrected chi connectivity index (χ3v) is 2.02. The molecule has 0 unspecified atom stereocenters. The molecule has 0 spiro atoms. The Hall–Kier alpha value is -2.32. The molecule has 0 aliphatic rings. The maximum Gasteiger partial charge on any atom is 0.405 e. The van der Waals surface area contributed by atoms with Gasteiger partial charge in [-0.3, -0.25) is 4.79 Å². The van der Waals surface area contributed by atoms with E-state index in [0.717, 1.165) is 12.1 Å². The van der Waals surface area contributed by atoms with E-state index in [1.54, 1.807) is 5.32 Å². The molecule has 0 fully saturated rings. The van der Waals surface area contributed by atoms with Crippen molar-refractivity contribution in [3.63, 3.8) is 0 Å². The van der Waals surface area contributed by atoms with Gasteiger partial charge < -0.3 is 15.2 Å². The summed E-state index contributed by atoms with van der Waals surface area (Å²) in [6.45, 7) is -2.34. The lowest BCUT2D eigenvalue weighted by Crippen LogP contribution is -2.36. The summed E-state index contributed by atoms with van der Waals surface area (Å²) in [6, 6.07) is 2.54. The molecule has 0 bridgehead atoms. The zero-order valence-electron chi connectivity index (χ0n) is 9.83. The van der Waals surface area contributed by atoms with Crippen LogP contribution in [0.15, 0.2) is 18.2 Å². The zero-order valence-corrected chi connectivity index (χ0v) is 9.83. The molecule has 0 saturated heterocycles. The minimum Gasteiger partial charge on any atom is -0.483 e. The first kappa shape index (κ1) is 15.7. The van der Waals surface area contributed by atoms with Crippen LogP contribution < -0.4 is 10.1 Å². The van der Waals surface area contributed by atoms with Crippen LogP contribution >= 0.6 is 0 Å². The van der Waals surface area contributed by atoms with Gasteiger partial charge in [0.1, 0.15) is 23.7 Å². The number of alkyl halides is 3. The van der Waals surface area contributed by atoms with Gasteiger partial charge in [0, 0.05) is 0 Å². The van der Waals surface area contributed by atoms with Gasteiger partial charge in [-0.1, -0.05) is 0 Å². The molecule has 20 heavy (non-hydrogen) atoms. The van der Waals surface area contributed by atoms with Crippen LogP contribution in [0.5, 0.6) is 5.75 Å². The predicted octanol–water partition coefficient (Wildman–Crippen LogP) is 1.58. The molecule has 1 aromatic carbocycles. The number of halogens is 4. The van der Waals surface area contributed by atoms with E-state index in [0.29, 0.717) is 6.07 Å². The number of hydrogen-bond donors (Lipinski definition) is 2. The number of carboxylic acids is 1. The van der Waals surface area contributed by atoms with Crippen LogP contribution in [-0.4, -0.2) is 36.3 Å². The molecule has 0 aromatic heterocycles. The van der Waals surface area contributed by atoms with Gasteiger partial charge in [-0.25, -0.2) is 9.18 Å². The molecule has 1 aromatic rings. The van der Waals surface area contributed by atoms with Crippen LogP contribution in [0, 0.1) is 5.82 Å². The predicted molar refractivity (Wildman–Crippen MR) is 57.9 cm³/mol. The van der Waals surface area contributed by atoms with Crippen LogP contribution in [0.2, 0.25) is 0 Å². The Morgan fingerprint density at radius 1 is 1.30 bits per heavy atom. The second-order valence-corrected chi connectivity index (χ2v) is 3.63. The van der Waals surface area contributed by atoms with E-state index in [2.05, 4.69) is 0 Å². The molecule has 0 aliphatic carbocycles. The average molecular weight is 295 g/mol. The largest absolute Gasteiger partial charge is 0.483 e. The topological polar surface area (TPSA) is 75.6 Å². The smallest absolute Gasteiger partial charge is 0.405 e. The highest BCUT2D eigenvalue weighted by atomic mass is 19.4. The fourth-order valence-corrected chi connectivity index (χ4v) is 1.19. The average Bonchev–Trinajstić information content (AvgIpc) is 2.33. The Morgan fingerprint density at radius 2 is 1.95 bits per heavy atom. The number of carbonyl (C=O) groups excluding carboxylic acids is 1. The maximum atomic E-state index is 12.8. The van der Waals surface area contributed by atoms with Gasteiger partial charge in [-0.2, -0.15) is 13.2 Å². The summed E-state index contributed by atoms with van der Waals surface area (Å²) >= 11 is 0. The summed E-state index contributed by atoms with van der Waals surface area (Å²) in [5.74, 6) is -3.71. The SMILES string of the molecule is O=C(COc1ccc(F)cc1C(=O)O)NCC(F)(F)F. The number of benzene rings is 1. The summed E-state index contributed by atoms with van der Waals surface area (Å²) in [5, 5.41) is 10.3. The quantitative estimate of drug-likeness (QED) is 0.809. The van der Waals surface area contributed by atoms with Crippen molar-refractivity contribution in [1.82, 2.24) is 5.32 Å². The number of nitrogens with one attached hydrogen (secondary N) is 1. The van der Waals surface area contributed by atoms with Crippen molar-refractivity contribution in [2.24, 2.45) is 0 Å². The van der Waals surface area contributed by atoms with Crippen molar-refractivity contribution in [3.8, 4) is 5.75 Å². The van der Waals surface area contributed by atoms with Gasteiger partial charge in [0.05, 0.1) is 0 Å². The molecule has 1 rings (SSSR count). The first-order valence-electron chi connectivity index (χ1n) is 5.18. The Balaban J connectivity index is 2.62. The van der Waals surface area contributed by atoms with Crippen LogP contribution in [-0.2, 0) is 4.79 Å². The third kappa shape index (κ3) is 5.12. The molecule has 0 saturated carbocycles. The molecule has 9 heteroatoms. The number of carbonyl (C=O) groups is 2. The Labute approximate surface area is 110 Å². The van der Waals surface area contributed by atoms with E-state index in [1.165, 1.54) is 0 Å². The van der Waals surface area contributed by atoms with Gasteiger partial charge >= 0.3 is 12.1 Å². The first-order chi connectivity index (χ1) is 9.19. The maximum absolute atomic E-state index is 12.8. The second-order valence-electron chi connectivity index (χ2n) is 3.63. The van der Waals surface area contributed by atoms with Gasteiger partial charge in [-0.15, -0.1) is 0 Å². The Bertz CT molecular complexity index is 516. The highest BCUT2D eigenvalue weighted by Gasteiger charge is 2.27. The lowest BCUT2D eigenvalue weighted by molar-refractivity contribution is -0.139. The monoisotopic (exact) mass is 295 g/mol. The van der Waals surface area contributed by atoms with Crippen molar-refractivity contribution in [2.45, 2.75) is 6.18 Å². The summed E-state index contributed by atoms with van der Waals surface area (Å²) in [6.07, 6.45) is -4.56. The van der Waals surface area contributed by atoms with E-state index >= 15 is 0 Å². The number of aromatic carboxylic acids is 1. The molecule has 5 nitrogen and oxygen atoms in total. The van der Waals surface area contributed by atoms with E-state index < -0.39 is 42.6 Å². The highest BCUT2D eigenvalue weighted by Crippen LogP contribution is 2.19. The molecule has 0 heterocycles. The summed E-state index contributed by atoms with van der Waals surface area (Å²) in [4.78, 5) is 21.8. The van der Waals surface area contributed by atoms with E-state index in [-0.39, 0.29) is 5.75 Å². The molecule has 0 radical (unpaired) electrons. The van der Waals surface area contributed by atoms with E-state index in [4.69, 9.17) is 9.84 Å². The van der Waals surface area contributed by atoms with Crippen molar-refractivity contribution in [3.05, 3.63) is 29.6 Å². The summed E-state index contributed by atoms with van der Waals surface area (Å²) in [5.41, 5.74) is -0.534. The molecule has 110 valence electrons. The minimum absolute atomic E-state index is 0.318. The summed E-state index contributed by atoms with van der Waals surface area (Å²) < 4.78 is 53.0. The Kier molecular flexibility index (Phi) is 4.89. The number of hydrogen-bond acceptors (Lipinski definition) is 3. The molecular weight excluding hydrogens is 286 g/mol. The number of rotatable bonds is 5. The van der Waals surface area contributed by atoms with Crippen molar-refractivity contribution >= 4 is 11.9 Å². The normalized spacial score (nSPS) is 11.0. The van der Waals surface area contributed by atoms with Crippen LogP contribution in [0.3, 0.4) is 0 Å². The lowest BCUT2D eigenvalue weighted by atomic mass is 10.2. The first-order valence-corrected chi connectivity index (χ1v) is 5.18. The second kappa shape index (κ2) is 6.22. The highest BCUT2D eigenvalue weighted by molar-refractivity contribution is 5.91. The van der Waals surface area contributed by atoms with E-state index in [1.807, 2.05) is 0 Å². The van der Waals surface area contributed by atoms with Gasteiger partial charge in [-0.05, 0) is 18.2 Å². The Morgan fingerprint density at radius 3 is 2.50 bits per heavy atom. The van der Waals surface area contributed by atoms with Crippen LogP contribution in [0.25, 0.3) is 0 Å². The van der Waals surface area contributed by atoms with Gasteiger partial charge in [0.25, 0.3) is 5.91 Å². The van der Waals surface area contributed by atoms with E-state index in [9.17, 15) is 27.2 Å². The fraction of sp³-hybridized carbons (Fsp3) is 0.273. The van der Waals surface area contributed by atoms with Crippen molar-refractivity contribution < 1.29 is 37.0 Å². The third-order valence-electron chi connectivity index (χ3n) is 2.02.